The van der Waals surface area contributed by atoms with Crippen molar-refractivity contribution in [3.8, 4) is 0 Å². The van der Waals surface area contributed by atoms with E-state index in [-0.39, 0.29) is 0 Å². The van der Waals surface area contributed by atoms with Crippen molar-refractivity contribution in [1.29, 1.82) is 0 Å². The van der Waals surface area contributed by atoms with Gasteiger partial charge in [0.2, 0.25) is 5.91 Å². The number of hydrogen-bond acceptors (Lipinski definition) is 5. The maximum atomic E-state index is 12.7. The van der Waals surface area contributed by atoms with Crippen LogP contribution in [-0.2, 0) is 4.79 Å². The number of nitrogens with one attached hydrogen (secondary N) is 1. The van der Waals surface area contributed by atoms with Gasteiger partial charge in [0.05, 0.1) is 18.8 Å². The minimum atomic E-state index is -1.26. The van der Waals surface area contributed by atoms with Gasteiger partial charge in [-0.2, -0.15) is 0 Å². The number of unbranched alkanes of at least 4 members (excludes halogenated alkanes) is 55. The lowest BCUT2D eigenvalue weighted by atomic mass is 9.99. The molecule has 0 radical (unpaired) electrons. The molecule has 0 aromatic carbocycles. The van der Waals surface area contributed by atoms with Gasteiger partial charge in [-0.05, 0) is 44.9 Å². The maximum Gasteiger partial charge on any atom is 0.249 e. The van der Waals surface area contributed by atoms with Crippen LogP contribution in [0.5, 0.6) is 0 Å². The van der Waals surface area contributed by atoms with Crippen LogP contribution in [0.3, 0.4) is 0 Å². The number of aliphatic hydroxyl groups is 4. The largest absolute Gasteiger partial charge is 0.394 e. The predicted octanol–water partition coefficient (Wildman–Crippen LogP) is 22.5. The number of hydrogen-bond donors (Lipinski definition) is 5. The molecule has 0 aromatic rings. The van der Waals surface area contributed by atoms with Crippen LogP contribution in [0.4, 0.5) is 0 Å². The van der Waals surface area contributed by atoms with E-state index in [9.17, 15) is 25.2 Å². The third-order valence-electron chi connectivity index (χ3n) is 17.4. The normalized spacial score (nSPS) is 13.5. The summed E-state index contributed by atoms with van der Waals surface area (Å²) in [7, 11) is 0. The van der Waals surface area contributed by atoms with E-state index in [4.69, 9.17) is 0 Å². The smallest absolute Gasteiger partial charge is 0.249 e. The van der Waals surface area contributed by atoms with Gasteiger partial charge in [0, 0.05) is 0 Å². The van der Waals surface area contributed by atoms with Gasteiger partial charge < -0.3 is 25.7 Å². The van der Waals surface area contributed by atoms with E-state index >= 15 is 0 Å². The van der Waals surface area contributed by atoms with Gasteiger partial charge in [0.15, 0.2) is 0 Å². The lowest BCUT2D eigenvalue weighted by molar-refractivity contribution is -0.132. The van der Waals surface area contributed by atoms with Crippen LogP contribution >= 0.6 is 0 Å². The Bertz CT molecular complexity index is 1210. The van der Waals surface area contributed by atoms with Crippen molar-refractivity contribution in [3.05, 3.63) is 24.3 Å². The molecule has 6 nitrogen and oxygen atoms in total. The second-order valence-corrected chi connectivity index (χ2v) is 25.3. The number of allylic oxidation sites excluding steroid dienone is 4. The molecular weight excluding hydrogens is 971 g/mol. The molecule has 0 aliphatic heterocycles. The predicted molar refractivity (Wildman–Crippen MR) is 348 cm³/mol. The summed E-state index contributed by atoms with van der Waals surface area (Å²) in [6.07, 6.45) is 86.0. The molecule has 0 saturated heterocycles. The summed E-state index contributed by atoms with van der Waals surface area (Å²) in [6.45, 7) is 4.11. The summed E-state index contributed by atoms with van der Waals surface area (Å²) in [5.74, 6) is -0.576. The molecule has 4 unspecified atom stereocenters. The van der Waals surface area contributed by atoms with Gasteiger partial charge in [-0.15, -0.1) is 0 Å². The van der Waals surface area contributed by atoms with E-state index in [1.165, 1.54) is 334 Å². The third-order valence-corrected chi connectivity index (χ3v) is 17.4. The Morgan fingerprint density at radius 1 is 0.316 bits per heavy atom. The standard InChI is InChI=1S/C73H143NO5/c1-3-5-7-9-11-13-15-17-19-21-23-25-27-29-31-33-34-35-36-37-39-41-43-45-47-49-51-53-55-57-59-61-63-65-67-71(77)73(79)74-69(68-75)72(78)70(76)66-64-62-60-58-56-54-52-50-48-46-44-42-40-38-32-30-28-26-24-22-20-18-16-14-12-10-8-6-4-2/h27,29,33-34,69-72,75-78H,3-26,28,30-32,35-68H2,1-2H3,(H,74,79)/b29-27-,34-33-. The van der Waals surface area contributed by atoms with Crippen LogP contribution in [-0.4, -0.2) is 57.3 Å². The number of rotatable bonds is 68. The molecule has 5 N–H and O–H groups in total. The lowest BCUT2D eigenvalue weighted by Gasteiger charge is -2.27. The zero-order valence-corrected chi connectivity index (χ0v) is 53.7. The molecule has 0 aromatic heterocycles. The van der Waals surface area contributed by atoms with Gasteiger partial charge in [0.25, 0.3) is 0 Å². The Morgan fingerprint density at radius 2 is 0.544 bits per heavy atom. The molecule has 0 aliphatic rings. The molecule has 0 saturated carbocycles. The van der Waals surface area contributed by atoms with Crippen LogP contribution < -0.4 is 5.32 Å². The van der Waals surface area contributed by atoms with Crippen LogP contribution in [0.25, 0.3) is 0 Å². The fraction of sp³-hybridized carbons (Fsp3) is 0.932. The molecule has 4 atom stereocenters. The highest BCUT2D eigenvalue weighted by atomic mass is 16.3. The van der Waals surface area contributed by atoms with Crippen molar-refractivity contribution < 1.29 is 25.2 Å². The number of carbonyl (C=O) groups excluding carboxylic acids is 1. The van der Waals surface area contributed by atoms with Crippen molar-refractivity contribution in [2.24, 2.45) is 0 Å². The average molecular weight is 1110 g/mol. The first-order valence-electron chi connectivity index (χ1n) is 36.2. The molecule has 0 heterocycles. The topological polar surface area (TPSA) is 110 Å². The molecule has 470 valence electrons. The van der Waals surface area contributed by atoms with E-state index in [1.54, 1.807) is 0 Å². The first-order chi connectivity index (χ1) is 39.0. The Labute approximate surface area is 495 Å². The summed E-state index contributed by atoms with van der Waals surface area (Å²) in [6, 6.07) is -0.986. The van der Waals surface area contributed by atoms with Crippen LogP contribution in [0.1, 0.15) is 406 Å². The van der Waals surface area contributed by atoms with Gasteiger partial charge >= 0.3 is 0 Å². The SMILES string of the molecule is CCCCCCCCCCCCC/C=C\C/C=C\CCCCCCCCCCCCCCCCCCC(O)C(=O)NC(CO)C(O)C(O)CCCCCCCCCCCCCCCCCCCCCCCCCCCCCCC. The lowest BCUT2D eigenvalue weighted by Crippen LogP contribution is -2.53. The Balaban J connectivity index is 3.53. The van der Waals surface area contributed by atoms with Gasteiger partial charge in [-0.1, -0.05) is 385 Å². The Kier molecular flexibility index (Phi) is 66.5. The number of amides is 1. The third kappa shape index (κ3) is 61.2. The molecule has 0 aliphatic carbocycles. The maximum absolute atomic E-state index is 12.7. The van der Waals surface area contributed by atoms with Gasteiger partial charge in [-0.3, -0.25) is 4.79 Å². The van der Waals surface area contributed by atoms with Crippen LogP contribution in [0.2, 0.25) is 0 Å². The molecule has 1 amide bonds. The van der Waals surface area contributed by atoms with Crippen molar-refractivity contribution in [1.82, 2.24) is 5.32 Å². The molecule has 6 heteroatoms. The molecule has 79 heavy (non-hydrogen) atoms. The molecular formula is C73H143NO5. The summed E-state index contributed by atoms with van der Waals surface area (Å²) in [5, 5.41) is 44.3. The summed E-state index contributed by atoms with van der Waals surface area (Å²) >= 11 is 0. The average Bonchev–Trinajstić information content (AvgIpc) is 3.45. The van der Waals surface area contributed by atoms with Crippen molar-refractivity contribution >= 4 is 5.91 Å². The summed E-state index contributed by atoms with van der Waals surface area (Å²) in [4.78, 5) is 12.7. The van der Waals surface area contributed by atoms with E-state index in [2.05, 4.69) is 43.5 Å². The van der Waals surface area contributed by atoms with E-state index < -0.39 is 36.9 Å². The molecule has 0 spiro atoms. The highest BCUT2D eigenvalue weighted by Gasteiger charge is 2.28. The second-order valence-electron chi connectivity index (χ2n) is 25.3. The van der Waals surface area contributed by atoms with Gasteiger partial charge in [-0.25, -0.2) is 0 Å². The first kappa shape index (κ1) is 77.8. The quantitative estimate of drug-likeness (QED) is 0.0308. The first-order valence-corrected chi connectivity index (χ1v) is 36.2. The number of carbonyl (C=O) groups is 1. The number of aliphatic hydroxyl groups excluding tert-OH is 4. The van der Waals surface area contributed by atoms with Crippen LogP contribution in [0.15, 0.2) is 24.3 Å². The fourth-order valence-corrected chi connectivity index (χ4v) is 11.8. The monoisotopic (exact) mass is 1110 g/mol. The van der Waals surface area contributed by atoms with Crippen molar-refractivity contribution in [3.63, 3.8) is 0 Å². The van der Waals surface area contributed by atoms with Crippen LogP contribution in [0, 0.1) is 0 Å². The van der Waals surface area contributed by atoms with E-state index in [1.807, 2.05) is 0 Å². The van der Waals surface area contributed by atoms with Crippen molar-refractivity contribution in [2.45, 2.75) is 430 Å². The van der Waals surface area contributed by atoms with Gasteiger partial charge in [0.1, 0.15) is 12.2 Å². The highest BCUT2D eigenvalue weighted by molar-refractivity contribution is 5.80. The Morgan fingerprint density at radius 3 is 0.797 bits per heavy atom. The summed E-state index contributed by atoms with van der Waals surface area (Å²) < 4.78 is 0. The summed E-state index contributed by atoms with van der Waals surface area (Å²) in [5.41, 5.74) is 0. The molecule has 0 bridgehead atoms. The zero-order chi connectivity index (χ0) is 57.3. The Hall–Kier alpha value is -1.21. The zero-order valence-electron chi connectivity index (χ0n) is 53.7. The molecule has 0 fully saturated rings. The fourth-order valence-electron chi connectivity index (χ4n) is 11.8. The molecule has 0 rings (SSSR count). The van der Waals surface area contributed by atoms with Crippen molar-refractivity contribution in [2.75, 3.05) is 6.61 Å². The van der Waals surface area contributed by atoms with E-state index in [0.29, 0.717) is 12.8 Å². The second kappa shape index (κ2) is 67.6. The van der Waals surface area contributed by atoms with E-state index in [0.717, 1.165) is 44.9 Å². The minimum absolute atomic E-state index is 0.372. The minimum Gasteiger partial charge on any atom is -0.394 e. The highest BCUT2D eigenvalue weighted by Crippen LogP contribution is 2.20.